The third kappa shape index (κ3) is 3.14. The van der Waals surface area contributed by atoms with E-state index in [1.54, 1.807) is 0 Å². The molecule has 0 N–H and O–H groups in total. The lowest BCUT2D eigenvalue weighted by Gasteiger charge is -2.31. The summed E-state index contributed by atoms with van der Waals surface area (Å²) < 4.78 is 31.4. The second kappa shape index (κ2) is 5.96. The van der Waals surface area contributed by atoms with E-state index in [2.05, 4.69) is 0 Å². The number of hydrogen-bond acceptors (Lipinski definition) is 6. The van der Waals surface area contributed by atoms with Crippen LogP contribution in [0.5, 0.6) is 5.75 Å². The number of nitro groups is 1. The molecule has 21 heavy (non-hydrogen) atoms. The fraction of sp³-hybridized carbons (Fsp3) is 0.500. The summed E-state index contributed by atoms with van der Waals surface area (Å²) in [6.45, 7) is 1.84. The van der Waals surface area contributed by atoms with Gasteiger partial charge in [-0.15, -0.1) is 0 Å². The van der Waals surface area contributed by atoms with Crippen LogP contribution in [0.25, 0.3) is 0 Å². The summed E-state index contributed by atoms with van der Waals surface area (Å²) in [5, 5.41) is 11.1. The summed E-state index contributed by atoms with van der Waals surface area (Å²) in [5.41, 5.74) is -0.465. The second-order valence-corrected chi connectivity index (χ2v) is 6.70. The van der Waals surface area contributed by atoms with Crippen molar-refractivity contribution in [1.29, 1.82) is 0 Å². The second-order valence-electron chi connectivity index (χ2n) is 4.80. The highest BCUT2D eigenvalue weighted by molar-refractivity contribution is 7.89. The fourth-order valence-electron chi connectivity index (χ4n) is 2.15. The smallest absolute Gasteiger partial charge is 0.293 e. The maximum Gasteiger partial charge on any atom is 0.293 e. The molecule has 1 aliphatic rings. The van der Waals surface area contributed by atoms with Crippen LogP contribution in [0.3, 0.4) is 0 Å². The van der Waals surface area contributed by atoms with Gasteiger partial charge in [0.1, 0.15) is 5.75 Å². The SMILES string of the molecule is COc1ccc(S(=O)(=O)N2CCN(C)CC2)c([N+](=O)[O-])c1. The predicted octanol–water partition coefficient (Wildman–Crippen LogP) is 0.539. The molecule has 1 aromatic rings. The average molecular weight is 315 g/mol. The molecule has 1 aromatic carbocycles. The quantitative estimate of drug-likeness (QED) is 0.595. The normalized spacial score (nSPS) is 17.6. The van der Waals surface area contributed by atoms with Gasteiger partial charge >= 0.3 is 0 Å². The van der Waals surface area contributed by atoms with Gasteiger partial charge in [-0.1, -0.05) is 0 Å². The Morgan fingerprint density at radius 2 is 1.86 bits per heavy atom. The zero-order valence-electron chi connectivity index (χ0n) is 11.9. The molecule has 0 amide bonds. The van der Waals surface area contributed by atoms with Crippen LogP contribution in [0, 0.1) is 10.1 Å². The summed E-state index contributed by atoms with van der Waals surface area (Å²) in [6.07, 6.45) is 0. The van der Waals surface area contributed by atoms with Gasteiger partial charge in [-0.05, 0) is 19.2 Å². The van der Waals surface area contributed by atoms with Gasteiger partial charge in [0.15, 0.2) is 4.90 Å². The molecule has 0 saturated carbocycles. The Balaban J connectivity index is 2.42. The number of rotatable bonds is 4. The molecule has 1 fully saturated rings. The third-order valence-electron chi connectivity index (χ3n) is 3.44. The first-order chi connectivity index (χ1) is 9.86. The van der Waals surface area contributed by atoms with Gasteiger partial charge < -0.3 is 9.64 Å². The molecule has 0 unspecified atom stereocenters. The minimum Gasteiger partial charge on any atom is -0.497 e. The molecule has 0 spiro atoms. The van der Waals surface area contributed by atoms with E-state index in [9.17, 15) is 18.5 Å². The van der Waals surface area contributed by atoms with E-state index in [0.29, 0.717) is 26.2 Å². The number of piperazine rings is 1. The lowest BCUT2D eigenvalue weighted by Crippen LogP contribution is -2.47. The first-order valence-corrected chi connectivity index (χ1v) is 7.81. The van der Waals surface area contributed by atoms with Crippen molar-refractivity contribution in [2.75, 3.05) is 40.3 Å². The lowest BCUT2D eigenvalue weighted by atomic mass is 10.3. The summed E-state index contributed by atoms with van der Waals surface area (Å²) in [6, 6.07) is 3.77. The summed E-state index contributed by atoms with van der Waals surface area (Å²) >= 11 is 0. The van der Waals surface area contributed by atoms with Crippen molar-refractivity contribution in [3.63, 3.8) is 0 Å². The third-order valence-corrected chi connectivity index (χ3v) is 5.39. The van der Waals surface area contributed by atoms with Crippen LogP contribution < -0.4 is 4.74 Å². The molecule has 0 aromatic heterocycles. The Bertz CT molecular complexity index is 638. The minimum absolute atomic E-state index is 0.249. The predicted molar refractivity (Wildman–Crippen MR) is 75.9 cm³/mol. The van der Waals surface area contributed by atoms with Crippen molar-refractivity contribution in [2.24, 2.45) is 0 Å². The standard InChI is InChI=1S/C12H17N3O5S/c1-13-5-7-14(8-6-13)21(18,19)12-4-3-10(20-2)9-11(12)15(16)17/h3-4,9H,5-8H2,1-2H3. The van der Waals surface area contributed by atoms with Crippen LogP contribution in [-0.2, 0) is 10.0 Å². The maximum atomic E-state index is 12.6. The number of nitro benzene ring substituents is 1. The van der Waals surface area contributed by atoms with Gasteiger partial charge in [-0.2, -0.15) is 4.31 Å². The van der Waals surface area contributed by atoms with Crippen LogP contribution in [0.2, 0.25) is 0 Å². The molecule has 0 bridgehead atoms. The number of nitrogens with zero attached hydrogens (tertiary/aromatic N) is 3. The molecule has 0 radical (unpaired) electrons. The molecular formula is C12H17N3O5S. The number of benzene rings is 1. The highest BCUT2D eigenvalue weighted by Crippen LogP contribution is 2.30. The molecule has 8 nitrogen and oxygen atoms in total. The molecule has 1 heterocycles. The first kappa shape index (κ1) is 15.7. The van der Waals surface area contributed by atoms with Gasteiger partial charge in [0.2, 0.25) is 10.0 Å². The number of likely N-dealkylation sites (N-methyl/N-ethyl adjacent to an activating group) is 1. The van der Waals surface area contributed by atoms with Gasteiger partial charge in [0, 0.05) is 26.2 Å². The molecule has 0 atom stereocenters. The highest BCUT2D eigenvalue weighted by atomic mass is 32.2. The van der Waals surface area contributed by atoms with Gasteiger partial charge in [0.25, 0.3) is 5.69 Å². The Kier molecular flexibility index (Phi) is 4.45. The topological polar surface area (TPSA) is 93.0 Å². The van der Waals surface area contributed by atoms with Gasteiger partial charge in [0.05, 0.1) is 18.1 Å². The zero-order valence-corrected chi connectivity index (χ0v) is 12.7. The number of hydrogen-bond donors (Lipinski definition) is 0. The van der Waals surface area contributed by atoms with E-state index >= 15 is 0 Å². The Morgan fingerprint density at radius 3 is 2.38 bits per heavy atom. The highest BCUT2D eigenvalue weighted by Gasteiger charge is 2.33. The van der Waals surface area contributed by atoms with Crippen LogP contribution in [0.4, 0.5) is 5.69 Å². The van der Waals surface area contributed by atoms with Crippen molar-refractivity contribution >= 4 is 15.7 Å². The van der Waals surface area contributed by atoms with E-state index < -0.39 is 20.6 Å². The Hall–Kier alpha value is -1.71. The molecule has 1 saturated heterocycles. The van der Waals surface area contributed by atoms with Crippen molar-refractivity contribution in [3.8, 4) is 5.75 Å². The summed E-state index contributed by atoms with van der Waals surface area (Å²) in [4.78, 5) is 12.1. The molecule has 116 valence electrons. The van der Waals surface area contributed by atoms with Crippen LogP contribution in [0.1, 0.15) is 0 Å². The Morgan fingerprint density at radius 1 is 1.24 bits per heavy atom. The van der Waals surface area contributed by atoms with E-state index in [1.807, 2.05) is 11.9 Å². The monoisotopic (exact) mass is 315 g/mol. The molecule has 9 heteroatoms. The van der Waals surface area contributed by atoms with Crippen molar-refractivity contribution in [1.82, 2.24) is 9.21 Å². The van der Waals surface area contributed by atoms with Crippen molar-refractivity contribution in [3.05, 3.63) is 28.3 Å². The van der Waals surface area contributed by atoms with Crippen molar-refractivity contribution in [2.45, 2.75) is 4.90 Å². The maximum absolute atomic E-state index is 12.6. The van der Waals surface area contributed by atoms with Crippen molar-refractivity contribution < 1.29 is 18.1 Å². The number of sulfonamides is 1. The van der Waals surface area contributed by atoms with Crippen LogP contribution in [-0.4, -0.2) is 62.9 Å². The number of methoxy groups -OCH3 is 1. The van der Waals surface area contributed by atoms with E-state index in [4.69, 9.17) is 4.74 Å². The lowest BCUT2D eigenvalue weighted by molar-refractivity contribution is -0.387. The average Bonchev–Trinajstić information content (AvgIpc) is 2.47. The molecular weight excluding hydrogens is 298 g/mol. The fourth-order valence-corrected chi connectivity index (χ4v) is 3.71. The minimum atomic E-state index is -3.88. The molecule has 2 rings (SSSR count). The van der Waals surface area contributed by atoms with Crippen LogP contribution >= 0.6 is 0 Å². The van der Waals surface area contributed by atoms with E-state index in [0.717, 1.165) is 6.07 Å². The first-order valence-electron chi connectivity index (χ1n) is 6.37. The number of ether oxygens (including phenoxy) is 1. The largest absolute Gasteiger partial charge is 0.497 e. The Labute approximate surface area is 123 Å². The zero-order chi connectivity index (χ0) is 15.6. The molecule has 0 aliphatic carbocycles. The van der Waals surface area contributed by atoms with E-state index in [-0.39, 0.29) is 10.6 Å². The summed E-state index contributed by atoms with van der Waals surface area (Å²) in [5.74, 6) is 0.249. The van der Waals surface area contributed by atoms with Crippen LogP contribution in [0.15, 0.2) is 23.1 Å². The van der Waals surface area contributed by atoms with E-state index in [1.165, 1.54) is 23.5 Å². The van der Waals surface area contributed by atoms with Gasteiger partial charge in [-0.3, -0.25) is 10.1 Å². The molecule has 1 aliphatic heterocycles. The summed E-state index contributed by atoms with van der Waals surface area (Å²) in [7, 11) is -0.605. The van der Waals surface area contributed by atoms with Gasteiger partial charge in [-0.25, -0.2) is 8.42 Å².